The Balaban J connectivity index is 1.51. The van der Waals surface area contributed by atoms with Crippen LogP contribution in [0.3, 0.4) is 0 Å². The molecule has 1 N–H and O–H groups in total. The zero-order valence-corrected chi connectivity index (χ0v) is 16.5. The Morgan fingerprint density at radius 1 is 1.15 bits per heavy atom. The van der Waals surface area contributed by atoms with Gasteiger partial charge in [0.1, 0.15) is 11.6 Å². The highest BCUT2D eigenvalue weighted by molar-refractivity contribution is 7.99. The Morgan fingerprint density at radius 2 is 1.89 bits per heavy atom. The maximum Gasteiger partial charge on any atom is 0.234 e. The molecule has 144 valence electrons. The molecule has 0 saturated carbocycles. The molecule has 0 bridgehead atoms. The fraction of sp³-hybridized carbons (Fsp3) is 0.450. The minimum Gasteiger partial charge on any atom is -0.494 e. The van der Waals surface area contributed by atoms with Crippen LogP contribution in [0, 0.1) is 0 Å². The third-order valence-corrected chi connectivity index (χ3v) is 5.19. The van der Waals surface area contributed by atoms with Gasteiger partial charge in [0.2, 0.25) is 5.91 Å². The standard InChI is InChI=1S/C20H26N4O2S/c1-2-26-17-9-7-16(8-10-17)22-19(25)15-27-20-21-12-11-18(23-20)24-13-5-3-4-6-14-24/h7-12H,2-6,13-15H2,1H3,(H,22,25). The first-order valence-corrected chi connectivity index (χ1v) is 10.5. The summed E-state index contributed by atoms with van der Waals surface area (Å²) < 4.78 is 5.40. The summed E-state index contributed by atoms with van der Waals surface area (Å²) >= 11 is 1.36. The predicted molar refractivity (Wildman–Crippen MR) is 110 cm³/mol. The Bertz CT molecular complexity index is 731. The number of anilines is 2. The average molecular weight is 387 g/mol. The van der Waals surface area contributed by atoms with Crippen LogP contribution in [-0.2, 0) is 4.79 Å². The van der Waals surface area contributed by atoms with Crippen molar-refractivity contribution in [2.75, 3.05) is 35.7 Å². The summed E-state index contributed by atoms with van der Waals surface area (Å²) in [6, 6.07) is 9.32. The molecule has 1 saturated heterocycles. The van der Waals surface area contributed by atoms with Gasteiger partial charge in [0.25, 0.3) is 0 Å². The number of thioether (sulfide) groups is 1. The largest absolute Gasteiger partial charge is 0.494 e. The predicted octanol–water partition coefficient (Wildman–Crippen LogP) is 3.99. The number of amides is 1. The monoisotopic (exact) mass is 386 g/mol. The van der Waals surface area contributed by atoms with Crippen LogP contribution in [0.1, 0.15) is 32.6 Å². The Labute approximate surface area is 164 Å². The number of carbonyl (C=O) groups excluding carboxylic acids is 1. The molecule has 6 nitrogen and oxygen atoms in total. The van der Waals surface area contributed by atoms with Gasteiger partial charge >= 0.3 is 0 Å². The number of nitrogens with zero attached hydrogens (tertiary/aromatic N) is 3. The van der Waals surface area contributed by atoms with Crippen molar-refractivity contribution < 1.29 is 9.53 Å². The van der Waals surface area contributed by atoms with Crippen LogP contribution < -0.4 is 15.0 Å². The van der Waals surface area contributed by atoms with Crippen LogP contribution in [0.25, 0.3) is 0 Å². The molecular weight excluding hydrogens is 360 g/mol. The number of hydrogen-bond donors (Lipinski definition) is 1. The molecule has 2 aromatic rings. The molecule has 7 heteroatoms. The van der Waals surface area contributed by atoms with Crippen LogP contribution in [0.4, 0.5) is 11.5 Å². The second-order valence-corrected chi connectivity index (χ2v) is 7.34. The number of aromatic nitrogens is 2. The van der Waals surface area contributed by atoms with E-state index in [0.29, 0.717) is 11.8 Å². The van der Waals surface area contributed by atoms with E-state index in [1.54, 1.807) is 6.20 Å². The number of ether oxygens (including phenoxy) is 1. The van der Waals surface area contributed by atoms with E-state index in [2.05, 4.69) is 20.2 Å². The highest BCUT2D eigenvalue weighted by atomic mass is 32.2. The molecule has 3 rings (SSSR count). The van der Waals surface area contributed by atoms with E-state index in [1.807, 2.05) is 37.3 Å². The number of hydrogen-bond acceptors (Lipinski definition) is 6. The van der Waals surface area contributed by atoms with Crippen LogP contribution in [0.5, 0.6) is 5.75 Å². The van der Waals surface area contributed by atoms with Crippen molar-refractivity contribution in [2.45, 2.75) is 37.8 Å². The lowest BCUT2D eigenvalue weighted by Gasteiger charge is -2.21. The van der Waals surface area contributed by atoms with E-state index in [1.165, 1.54) is 37.4 Å². The van der Waals surface area contributed by atoms with Crippen molar-refractivity contribution in [3.63, 3.8) is 0 Å². The lowest BCUT2D eigenvalue weighted by Crippen LogP contribution is -2.25. The van der Waals surface area contributed by atoms with Crippen LogP contribution >= 0.6 is 11.8 Å². The molecule has 1 aromatic heterocycles. The molecule has 1 fully saturated rings. The smallest absolute Gasteiger partial charge is 0.234 e. The summed E-state index contributed by atoms with van der Waals surface area (Å²) in [5, 5.41) is 3.52. The first-order chi connectivity index (χ1) is 13.2. The van der Waals surface area contributed by atoms with Gasteiger partial charge in [0.05, 0.1) is 12.4 Å². The lowest BCUT2D eigenvalue weighted by atomic mass is 10.2. The maximum absolute atomic E-state index is 12.2. The van der Waals surface area contributed by atoms with Crippen LogP contribution in [0.2, 0.25) is 0 Å². The highest BCUT2D eigenvalue weighted by Gasteiger charge is 2.13. The zero-order valence-electron chi connectivity index (χ0n) is 15.7. The van der Waals surface area contributed by atoms with E-state index in [-0.39, 0.29) is 11.7 Å². The van der Waals surface area contributed by atoms with Crippen molar-refractivity contribution in [3.8, 4) is 5.75 Å². The Kier molecular flexibility index (Phi) is 7.33. The van der Waals surface area contributed by atoms with Crippen molar-refractivity contribution in [1.29, 1.82) is 0 Å². The second kappa shape index (κ2) is 10.2. The first kappa shape index (κ1) is 19.5. The van der Waals surface area contributed by atoms with Gasteiger partial charge in [0.15, 0.2) is 5.16 Å². The summed E-state index contributed by atoms with van der Waals surface area (Å²) in [6.45, 7) is 4.65. The van der Waals surface area contributed by atoms with Crippen LogP contribution in [-0.4, -0.2) is 41.3 Å². The maximum atomic E-state index is 12.2. The molecular formula is C20H26N4O2S. The Morgan fingerprint density at radius 3 is 2.59 bits per heavy atom. The van der Waals surface area contributed by atoms with Gasteiger partial charge in [-0.3, -0.25) is 4.79 Å². The number of nitrogens with one attached hydrogen (secondary N) is 1. The molecule has 0 aliphatic carbocycles. The molecule has 0 radical (unpaired) electrons. The number of rotatable bonds is 7. The van der Waals surface area contributed by atoms with Crippen molar-refractivity contribution in [3.05, 3.63) is 36.5 Å². The van der Waals surface area contributed by atoms with Gasteiger partial charge in [-0.25, -0.2) is 9.97 Å². The molecule has 27 heavy (non-hydrogen) atoms. The third-order valence-electron chi connectivity index (χ3n) is 4.33. The normalized spacial score (nSPS) is 14.5. The first-order valence-electron chi connectivity index (χ1n) is 9.48. The average Bonchev–Trinajstić information content (AvgIpc) is 2.98. The fourth-order valence-electron chi connectivity index (χ4n) is 3.01. The van der Waals surface area contributed by atoms with Crippen LogP contribution in [0.15, 0.2) is 41.7 Å². The molecule has 0 atom stereocenters. The number of benzene rings is 1. The summed E-state index contributed by atoms with van der Waals surface area (Å²) in [7, 11) is 0. The van der Waals surface area contributed by atoms with Gasteiger partial charge in [-0.15, -0.1) is 0 Å². The van der Waals surface area contributed by atoms with Gasteiger partial charge in [-0.05, 0) is 50.1 Å². The molecule has 1 amide bonds. The van der Waals surface area contributed by atoms with Crippen molar-refractivity contribution in [2.24, 2.45) is 0 Å². The summed E-state index contributed by atoms with van der Waals surface area (Å²) in [6.07, 6.45) is 6.76. The van der Waals surface area contributed by atoms with Gasteiger partial charge in [-0.1, -0.05) is 24.6 Å². The SMILES string of the molecule is CCOc1ccc(NC(=O)CSc2nccc(N3CCCCCC3)n2)cc1. The minimum atomic E-state index is -0.0760. The summed E-state index contributed by atoms with van der Waals surface area (Å²) in [5.74, 6) is 1.95. The molecule has 1 aliphatic rings. The molecule has 1 aromatic carbocycles. The number of carbonyl (C=O) groups is 1. The second-order valence-electron chi connectivity index (χ2n) is 6.39. The topological polar surface area (TPSA) is 67.3 Å². The molecule has 0 spiro atoms. The quantitative estimate of drug-likeness (QED) is 0.573. The van der Waals surface area contributed by atoms with E-state index in [0.717, 1.165) is 30.3 Å². The van der Waals surface area contributed by atoms with Gasteiger partial charge in [0, 0.05) is 25.0 Å². The highest BCUT2D eigenvalue weighted by Crippen LogP contribution is 2.21. The third kappa shape index (κ3) is 6.13. The van der Waals surface area contributed by atoms with Crippen molar-refractivity contribution in [1.82, 2.24) is 9.97 Å². The fourth-order valence-corrected chi connectivity index (χ4v) is 3.63. The van der Waals surface area contributed by atoms with Crippen molar-refractivity contribution >= 4 is 29.2 Å². The minimum absolute atomic E-state index is 0.0760. The van der Waals surface area contributed by atoms with E-state index >= 15 is 0 Å². The molecule has 0 unspecified atom stereocenters. The molecule has 2 heterocycles. The zero-order chi connectivity index (χ0) is 18.9. The van der Waals surface area contributed by atoms with E-state index in [4.69, 9.17) is 4.74 Å². The lowest BCUT2D eigenvalue weighted by molar-refractivity contribution is -0.113. The van der Waals surface area contributed by atoms with E-state index < -0.39 is 0 Å². The molecule has 1 aliphatic heterocycles. The van der Waals surface area contributed by atoms with Gasteiger partial charge < -0.3 is 15.0 Å². The summed E-state index contributed by atoms with van der Waals surface area (Å²) in [5.41, 5.74) is 0.753. The van der Waals surface area contributed by atoms with Gasteiger partial charge in [-0.2, -0.15) is 0 Å². The Hall–Kier alpha value is -2.28. The van der Waals surface area contributed by atoms with E-state index in [9.17, 15) is 4.79 Å². The summed E-state index contributed by atoms with van der Waals surface area (Å²) in [4.78, 5) is 23.4.